The van der Waals surface area contributed by atoms with E-state index in [1.54, 1.807) is 0 Å². The Bertz CT molecular complexity index is 513. The number of nitrogens with zero attached hydrogens (tertiary/aromatic N) is 2. The average Bonchev–Trinajstić information content (AvgIpc) is 2.54. The molecule has 6 heteroatoms. The first-order valence-electron chi connectivity index (χ1n) is 8.11. The van der Waals surface area contributed by atoms with Gasteiger partial charge in [-0.1, -0.05) is 25.1 Å². The van der Waals surface area contributed by atoms with E-state index >= 15 is 0 Å². The van der Waals surface area contributed by atoms with E-state index in [2.05, 4.69) is 10.2 Å². The zero-order valence-corrected chi connectivity index (χ0v) is 13.6. The van der Waals surface area contributed by atoms with Crippen molar-refractivity contribution in [3.63, 3.8) is 0 Å². The number of aliphatic carboxylic acids is 1. The molecule has 1 heterocycles. The van der Waals surface area contributed by atoms with Crippen molar-refractivity contribution in [3.05, 3.63) is 30.3 Å². The number of hydrogen-bond donors (Lipinski definition) is 2. The first-order chi connectivity index (χ1) is 11.1. The molecule has 23 heavy (non-hydrogen) atoms. The maximum absolute atomic E-state index is 12.1. The molecule has 0 bridgehead atoms. The zero-order chi connectivity index (χ0) is 16.7. The fraction of sp³-hybridized carbons (Fsp3) is 0.529. The van der Waals surface area contributed by atoms with Crippen LogP contribution in [0, 0.1) is 0 Å². The molecule has 1 aromatic rings. The Balaban J connectivity index is 1.76. The Labute approximate surface area is 137 Å². The number of benzene rings is 1. The molecule has 0 aliphatic carbocycles. The molecule has 0 saturated carbocycles. The third-order valence-corrected chi connectivity index (χ3v) is 4.24. The lowest BCUT2D eigenvalue weighted by atomic mass is 10.0. The van der Waals surface area contributed by atoms with Crippen LogP contribution in [-0.2, 0) is 9.59 Å². The lowest BCUT2D eigenvalue weighted by Crippen LogP contribution is -2.48. The summed E-state index contributed by atoms with van der Waals surface area (Å²) in [5, 5.41) is 11.8. The monoisotopic (exact) mass is 319 g/mol. The molecule has 1 aliphatic rings. The number of carbonyl (C=O) groups excluding carboxylic acids is 1. The van der Waals surface area contributed by atoms with Gasteiger partial charge in [-0.3, -0.25) is 19.4 Å². The topological polar surface area (TPSA) is 72.9 Å². The molecule has 1 saturated heterocycles. The number of anilines is 1. The Morgan fingerprint density at radius 2 is 1.91 bits per heavy atom. The standard InChI is InChI=1S/C17H25N3O3/c1-2-20(13-17(22)23)15-8-10-19(11-9-15)12-16(21)18-14-6-4-3-5-7-14/h3-7,15H,2,8-13H2,1H3,(H,18,21)(H,22,23). The van der Waals surface area contributed by atoms with Crippen LogP contribution in [0.15, 0.2) is 30.3 Å². The van der Waals surface area contributed by atoms with Gasteiger partial charge in [0.15, 0.2) is 0 Å². The number of amides is 1. The van der Waals surface area contributed by atoms with Crippen LogP contribution in [-0.4, -0.2) is 65.5 Å². The van der Waals surface area contributed by atoms with Crippen LogP contribution in [0.2, 0.25) is 0 Å². The van der Waals surface area contributed by atoms with Gasteiger partial charge in [0.2, 0.25) is 5.91 Å². The predicted octanol–water partition coefficient (Wildman–Crippen LogP) is 1.50. The minimum Gasteiger partial charge on any atom is -0.480 e. The van der Waals surface area contributed by atoms with Crippen molar-refractivity contribution < 1.29 is 14.7 Å². The lowest BCUT2D eigenvalue weighted by molar-refractivity contribution is -0.139. The van der Waals surface area contributed by atoms with Gasteiger partial charge in [-0.15, -0.1) is 0 Å². The maximum Gasteiger partial charge on any atom is 0.317 e. The highest BCUT2D eigenvalue weighted by molar-refractivity contribution is 5.92. The van der Waals surface area contributed by atoms with E-state index in [1.807, 2.05) is 42.2 Å². The Morgan fingerprint density at radius 1 is 1.26 bits per heavy atom. The van der Waals surface area contributed by atoms with Gasteiger partial charge in [-0.2, -0.15) is 0 Å². The molecule has 2 N–H and O–H groups in total. The molecule has 126 valence electrons. The highest BCUT2D eigenvalue weighted by Crippen LogP contribution is 2.16. The van der Waals surface area contributed by atoms with E-state index in [9.17, 15) is 9.59 Å². The number of piperidine rings is 1. The molecule has 0 atom stereocenters. The molecule has 1 amide bonds. The predicted molar refractivity (Wildman–Crippen MR) is 89.4 cm³/mol. The molecular weight excluding hydrogens is 294 g/mol. The van der Waals surface area contributed by atoms with Gasteiger partial charge in [-0.05, 0) is 31.5 Å². The van der Waals surface area contributed by atoms with E-state index in [-0.39, 0.29) is 12.5 Å². The second-order valence-electron chi connectivity index (χ2n) is 5.88. The van der Waals surface area contributed by atoms with Crippen LogP contribution >= 0.6 is 0 Å². The van der Waals surface area contributed by atoms with Crippen molar-refractivity contribution >= 4 is 17.6 Å². The number of hydrogen-bond acceptors (Lipinski definition) is 4. The van der Waals surface area contributed by atoms with Gasteiger partial charge in [-0.25, -0.2) is 0 Å². The summed E-state index contributed by atoms with van der Waals surface area (Å²) in [5.41, 5.74) is 0.811. The van der Waals surface area contributed by atoms with E-state index < -0.39 is 5.97 Å². The molecule has 0 radical (unpaired) electrons. The number of nitrogens with one attached hydrogen (secondary N) is 1. The molecule has 1 aromatic carbocycles. The number of likely N-dealkylation sites (N-methyl/N-ethyl adjacent to an activating group) is 1. The first-order valence-corrected chi connectivity index (χ1v) is 8.11. The summed E-state index contributed by atoms with van der Waals surface area (Å²) in [7, 11) is 0. The third kappa shape index (κ3) is 5.65. The van der Waals surface area contributed by atoms with E-state index in [1.165, 1.54) is 0 Å². The van der Waals surface area contributed by atoms with Crippen molar-refractivity contribution in [1.82, 2.24) is 9.80 Å². The van der Waals surface area contributed by atoms with Gasteiger partial charge < -0.3 is 10.4 Å². The minimum absolute atomic E-state index is 0.00691. The number of rotatable bonds is 7. The smallest absolute Gasteiger partial charge is 0.317 e. The number of likely N-dealkylation sites (tertiary alicyclic amines) is 1. The summed E-state index contributed by atoms with van der Waals surface area (Å²) >= 11 is 0. The largest absolute Gasteiger partial charge is 0.480 e. The molecular formula is C17H25N3O3. The maximum atomic E-state index is 12.1. The van der Waals surface area contributed by atoms with Crippen molar-refractivity contribution in [2.75, 3.05) is 38.0 Å². The average molecular weight is 319 g/mol. The van der Waals surface area contributed by atoms with Gasteiger partial charge in [0.1, 0.15) is 0 Å². The molecule has 0 spiro atoms. The van der Waals surface area contributed by atoms with Crippen LogP contribution < -0.4 is 5.32 Å². The van der Waals surface area contributed by atoms with E-state index in [4.69, 9.17) is 5.11 Å². The number of carbonyl (C=O) groups is 2. The number of para-hydroxylation sites is 1. The van der Waals surface area contributed by atoms with Crippen molar-refractivity contribution in [1.29, 1.82) is 0 Å². The summed E-state index contributed by atoms with van der Waals surface area (Å²) in [4.78, 5) is 27.1. The molecule has 0 unspecified atom stereocenters. The Hall–Kier alpha value is -1.92. The molecule has 0 aromatic heterocycles. The molecule has 2 rings (SSSR count). The second kappa shape index (κ2) is 8.64. The van der Waals surface area contributed by atoms with Crippen LogP contribution in [0.1, 0.15) is 19.8 Å². The highest BCUT2D eigenvalue weighted by Gasteiger charge is 2.25. The van der Waals surface area contributed by atoms with Crippen LogP contribution in [0.4, 0.5) is 5.69 Å². The highest BCUT2D eigenvalue weighted by atomic mass is 16.4. The van der Waals surface area contributed by atoms with Crippen molar-refractivity contribution in [2.24, 2.45) is 0 Å². The zero-order valence-electron chi connectivity index (χ0n) is 13.6. The minimum atomic E-state index is -0.781. The van der Waals surface area contributed by atoms with Gasteiger partial charge in [0.25, 0.3) is 0 Å². The summed E-state index contributed by atoms with van der Waals surface area (Å²) in [5.74, 6) is -0.788. The van der Waals surface area contributed by atoms with Crippen LogP contribution in [0.25, 0.3) is 0 Å². The van der Waals surface area contributed by atoms with Crippen LogP contribution in [0.5, 0.6) is 0 Å². The third-order valence-electron chi connectivity index (χ3n) is 4.24. The summed E-state index contributed by atoms with van der Waals surface area (Å²) in [6.45, 7) is 4.85. The Morgan fingerprint density at radius 3 is 2.48 bits per heavy atom. The SMILES string of the molecule is CCN(CC(=O)O)C1CCN(CC(=O)Nc2ccccc2)CC1. The van der Waals surface area contributed by atoms with Gasteiger partial charge >= 0.3 is 5.97 Å². The lowest BCUT2D eigenvalue weighted by Gasteiger charge is -2.37. The summed E-state index contributed by atoms with van der Waals surface area (Å²) < 4.78 is 0. The van der Waals surface area contributed by atoms with Crippen molar-refractivity contribution in [3.8, 4) is 0 Å². The number of carboxylic acids is 1. The van der Waals surface area contributed by atoms with Gasteiger partial charge in [0.05, 0.1) is 13.1 Å². The van der Waals surface area contributed by atoms with E-state index in [0.717, 1.165) is 38.2 Å². The molecule has 1 aliphatic heterocycles. The second-order valence-corrected chi connectivity index (χ2v) is 5.88. The number of carboxylic acid groups (broad SMARTS) is 1. The summed E-state index contributed by atoms with van der Waals surface area (Å²) in [6.07, 6.45) is 1.81. The summed E-state index contributed by atoms with van der Waals surface area (Å²) in [6, 6.07) is 9.73. The fourth-order valence-corrected chi connectivity index (χ4v) is 3.04. The molecule has 1 fully saturated rings. The van der Waals surface area contributed by atoms with E-state index in [0.29, 0.717) is 12.6 Å². The first kappa shape index (κ1) is 17.4. The quantitative estimate of drug-likeness (QED) is 0.797. The fourth-order valence-electron chi connectivity index (χ4n) is 3.04. The van der Waals surface area contributed by atoms with Gasteiger partial charge in [0, 0.05) is 24.8 Å². The van der Waals surface area contributed by atoms with Crippen LogP contribution in [0.3, 0.4) is 0 Å². The molecule has 6 nitrogen and oxygen atoms in total. The normalized spacial score (nSPS) is 16.4. The van der Waals surface area contributed by atoms with Crippen molar-refractivity contribution in [2.45, 2.75) is 25.8 Å². The Kier molecular flexibility index (Phi) is 6.55.